The minimum Gasteiger partial charge on any atom is -0.379 e. The number of nitrogens with one attached hydrogen (secondary N) is 1. The first-order valence-electron chi connectivity index (χ1n) is 9.89. The zero-order valence-corrected chi connectivity index (χ0v) is 16.9. The molecule has 0 bridgehead atoms. The van der Waals surface area contributed by atoms with Crippen molar-refractivity contribution in [2.75, 3.05) is 19.8 Å². The van der Waals surface area contributed by atoms with E-state index in [-0.39, 0.29) is 6.04 Å². The Hall–Kier alpha value is -1.81. The minimum absolute atomic E-state index is 0.223. The monoisotopic (exact) mass is 355 g/mol. The SMILES string of the molecule is Cc1ccc2[nH]c3c(c2c1)CCN(C=NC(COCC(C)C)C(C)C)C3. The smallest absolute Gasteiger partial charge is 0.0858 e. The molecule has 2 heterocycles. The third-order valence-corrected chi connectivity index (χ3v) is 5.09. The highest BCUT2D eigenvalue weighted by Gasteiger charge is 2.20. The lowest BCUT2D eigenvalue weighted by Crippen LogP contribution is -2.31. The minimum atomic E-state index is 0.223. The molecule has 1 N–H and O–H groups in total. The van der Waals surface area contributed by atoms with Gasteiger partial charge in [-0.2, -0.15) is 0 Å². The number of aryl methyl sites for hydroxylation is 1. The third kappa shape index (κ3) is 4.47. The second-order valence-electron chi connectivity index (χ2n) is 8.36. The van der Waals surface area contributed by atoms with Crippen LogP contribution in [0.4, 0.5) is 0 Å². The van der Waals surface area contributed by atoms with Gasteiger partial charge in [0, 0.05) is 29.7 Å². The predicted molar refractivity (Wildman–Crippen MR) is 110 cm³/mol. The van der Waals surface area contributed by atoms with Crippen LogP contribution in [0.1, 0.15) is 44.5 Å². The van der Waals surface area contributed by atoms with E-state index in [0.29, 0.717) is 18.4 Å². The lowest BCUT2D eigenvalue weighted by atomic mass is 10.0. The van der Waals surface area contributed by atoms with Crippen LogP contribution in [0, 0.1) is 18.8 Å². The Balaban J connectivity index is 1.66. The van der Waals surface area contributed by atoms with Gasteiger partial charge in [-0.15, -0.1) is 0 Å². The van der Waals surface area contributed by atoms with Crippen LogP contribution in [0.2, 0.25) is 0 Å². The summed E-state index contributed by atoms with van der Waals surface area (Å²) >= 11 is 0. The fourth-order valence-electron chi connectivity index (χ4n) is 3.49. The molecule has 3 rings (SSSR count). The van der Waals surface area contributed by atoms with Crippen molar-refractivity contribution in [3.8, 4) is 0 Å². The standard InChI is InChI=1S/C22H33N3O/c1-15(2)12-26-13-22(16(3)4)23-14-25-9-8-18-19-10-17(5)6-7-20(19)24-21(18)11-25/h6-7,10,14-16,22,24H,8-9,11-13H2,1-5H3. The molecule has 0 aliphatic carbocycles. The molecule has 0 saturated carbocycles. The molecule has 0 spiro atoms. The number of benzene rings is 1. The van der Waals surface area contributed by atoms with Crippen LogP contribution in [0.3, 0.4) is 0 Å². The number of ether oxygens (including phenoxy) is 1. The Kier molecular flexibility index (Phi) is 6.02. The van der Waals surface area contributed by atoms with E-state index in [1.54, 1.807) is 0 Å². The van der Waals surface area contributed by atoms with Gasteiger partial charge in [-0.05, 0) is 42.9 Å². The molecule has 1 aromatic heterocycles. The van der Waals surface area contributed by atoms with Gasteiger partial charge in [-0.1, -0.05) is 39.3 Å². The number of hydrogen-bond donors (Lipinski definition) is 1. The normalized spacial score (nSPS) is 16.2. The average molecular weight is 356 g/mol. The number of rotatable bonds is 7. The number of hydrogen-bond acceptors (Lipinski definition) is 2. The van der Waals surface area contributed by atoms with Crippen LogP contribution in [-0.2, 0) is 17.7 Å². The van der Waals surface area contributed by atoms with Gasteiger partial charge in [-0.25, -0.2) is 0 Å². The van der Waals surface area contributed by atoms with Crippen LogP contribution < -0.4 is 0 Å². The summed E-state index contributed by atoms with van der Waals surface area (Å²) in [6.45, 7) is 14.4. The molecule has 0 radical (unpaired) electrons. The van der Waals surface area contributed by atoms with Crippen LogP contribution in [-0.4, -0.2) is 42.0 Å². The van der Waals surface area contributed by atoms with Crippen molar-refractivity contribution in [2.45, 2.75) is 53.6 Å². The highest BCUT2D eigenvalue weighted by atomic mass is 16.5. The summed E-state index contributed by atoms with van der Waals surface area (Å²) in [5.41, 5.74) is 5.39. The van der Waals surface area contributed by atoms with Gasteiger partial charge in [0.1, 0.15) is 0 Å². The largest absolute Gasteiger partial charge is 0.379 e. The molecular formula is C22H33N3O. The Bertz CT molecular complexity index is 760. The average Bonchev–Trinajstić information content (AvgIpc) is 2.94. The molecule has 1 atom stereocenters. The number of H-pyrrole nitrogens is 1. The zero-order valence-electron chi connectivity index (χ0n) is 16.9. The Morgan fingerprint density at radius 2 is 2.04 bits per heavy atom. The molecule has 4 heteroatoms. The maximum absolute atomic E-state index is 5.83. The molecule has 0 amide bonds. The molecule has 26 heavy (non-hydrogen) atoms. The fourth-order valence-corrected chi connectivity index (χ4v) is 3.49. The van der Waals surface area contributed by atoms with Crippen LogP contribution in [0.5, 0.6) is 0 Å². The Morgan fingerprint density at radius 3 is 2.77 bits per heavy atom. The number of fused-ring (bicyclic) bond motifs is 3. The summed E-state index contributed by atoms with van der Waals surface area (Å²) < 4.78 is 5.83. The van der Waals surface area contributed by atoms with E-state index in [1.165, 1.54) is 27.7 Å². The maximum Gasteiger partial charge on any atom is 0.0858 e. The molecule has 1 aliphatic rings. The van der Waals surface area contributed by atoms with E-state index in [4.69, 9.17) is 9.73 Å². The van der Waals surface area contributed by atoms with Crippen molar-refractivity contribution in [1.29, 1.82) is 0 Å². The topological polar surface area (TPSA) is 40.6 Å². The number of aromatic amines is 1. The first-order valence-corrected chi connectivity index (χ1v) is 9.89. The lowest BCUT2D eigenvalue weighted by molar-refractivity contribution is 0.0894. The number of nitrogens with zero attached hydrogens (tertiary/aromatic N) is 2. The van der Waals surface area contributed by atoms with E-state index in [2.05, 4.69) is 62.7 Å². The second kappa shape index (κ2) is 8.26. The van der Waals surface area contributed by atoms with E-state index < -0.39 is 0 Å². The molecule has 0 fully saturated rings. The summed E-state index contributed by atoms with van der Waals surface area (Å²) in [4.78, 5) is 10.8. The highest BCUT2D eigenvalue weighted by molar-refractivity contribution is 5.85. The van der Waals surface area contributed by atoms with Gasteiger partial charge in [0.05, 0.1) is 25.5 Å². The molecular weight excluding hydrogens is 322 g/mol. The van der Waals surface area contributed by atoms with Gasteiger partial charge >= 0.3 is 0 Å². The van der Waals surface area contributed by atoms with Crippen LogP contribution >= 0.6 is 0 Å². The first-order chi connectivity index (χ1) is 12.4. The lowest BCUT2D eigenvalue weighted by Gasteiger charge is -2.26. The van der Waals surface area contributed by atoms with Crippen molar-refractivity contribution >= 4 is 17.2 Å². The van der Waals surface area contributed by atoms with Crippen molar-refractivity contribution < 1.29 is 4.74 Å². The van der Waals surface area contributed by atoms with Crippen molar-refractivity contribution in [3.63, 3.8) is 0 Å². The van der Waals surface area contributed by atoms with Gasteiger partial charge < -0.3 is 14.6 Å². The van der Waals surface area contributed by atoms with Gasteiger partial charge in [0.2, 0.25) is 0 Å². The fraction of sp³-hybridized carbons (Fsp3) is 0.591. The molecule has 2 aromatic rings. The summed E-state index contributed by atoms with van der Waals surface area (Å²) in [7, 11) is 0. The van der Waals surface area contributed by atoms with Crippen molar-refractivity contribution in [1.82, 2.24) is 9.88 Å². The summed E-state index contributed by atoms with van der Waals surface area (Å²) in [6.07, 6.45) is 3.12. The van der Waals surface area contributed by atoms with E-state index in [1.807, 2.05) is 6.34 Å². The van der Waals surface area contributed by atoms with Gasteiger partial charge in [-0.3, -0.25) is 4.99 Å². The Morgan fingerprint density at radius 1 is 1.23 bits per heavy atom. The first kappa shape index (κ1) is 19.0. The van der Waals surface area contributed by atoms with Crippen molar-refractivity contribution in [3.05, 3.63) is 35.0 Å². The molecule has 1 unspecified atom stereocenters. The molecule has 0 saturated heterocycles. The van der Waals surface area contributed by atoms with Gasteiger partial charge in [0.25, 0.3) is 0 Å². The molecule has 4 nitrogen and oxygen atoms in total. The highest BCUT2D eigenvalue weighted by Crippen LogP contribution is 2.28. The van der Waals surface area contributed by atoms with E-state index in [9.17, 15) is 0 Å². The summed E-state index contributed by atoms with van der Waals surface area (Å²) in [5, 5.41) is 1.39. The molecule has 142 valence electrons. The van der Waals surface area contributed by atoms with Crippen LogP contribution in [0.25, 0.3) is 10.9 Å². The summed E-state index contributed by atoms with van der Waals surface area (Å²) in [6, 6.07) is 6.89. The summed E-state index contributed by atoms with van der Waals surface area (Å²) in [5.74, 6) is 1.05. The molecule has 1 aromatic carbocycles. The van der Waals surface area contributed by atoms with Crippen LogP contribution in [0.15, 0.2) is 23.2 Å². The zero-order chi connectivity index (χ0) is 18.7. The number of aromatic nitrogens is 1. The second-order valence-corrected chi connectivity index (χ2v) is 8.36. The van der Waals surface area contributed by atoms with E-state index in [0.717, 1.165) is 26.1 Å². The van der Waals surface area contributed by atoms with Crippen molar-refractivity contribution in [2.24, 2.45) is 16.8 Å². The van der Waals surface area contributed by atoms with Gasteiger partial charge in [0.15, 0.2) is 0 Å². The third-order valence-electron chi connectivity index (χ3n) is 5.09. The van der Waals surface area contributed by atoms with E-state index >= 15 is 0 Å². The molecule has 1 aliphatic heterocycles. The quantitative estimate of drug-likeness (QED) is 0.584. The Labute approximate surface area is 157 Å². The predicted octanol–water partition coefficient (Wildman–Crippen LogP) is 4.56. The number of aliphatic imine (C=N–C) groups is 1. The maximum atomic E-state index is 5.83.